The second kappa shape index (κ2) is 5.28. The molecular weight excluding hydrogens is 268 g/mol. The lowest BCUT2D eigenvalue weighted by Crippen LogP contribution is -2.45. The van der Waals surface area contributed by atoms with Gasteiger partial charge >= 0.3 is 0 Å². The zero-order valence-corrected chi connectivity index (χ0v) is 11.4. The number of para-hydroxylation sites is 3. The summed E-state index contributed by atoms with van der Waals surface area (Å²) in [5, 5.41) is 5.38. The lowest BCUT2D eigenvalue weighted by molar-refractivity contribution is -0.133. The number of carbonyl (C=O) groups is 2. The maximum Gasteiger partial charge on any atom is 0.275 e. The zero-order valence-electron chi connectivity index (χ0n) is 11.4. The van der Waals surface area contributed by atoms with Crippen molar-refractivity contribution in [3.8, 4) is 5.75 Å². The Bertz CT molecular complexity index is 712. The van der Waals surface area contributed by atoms with Gasteiger partial charge in [-0.05, 0) is 30.7 Å². The van der Waals surface area contributed by atoms with Gasteiger partial charge in [-0.3, -0.25) is 9.59 Å². The highest BCUT2D eigenvalue weighted by Gasteiger charge is 2.33. The van der Waals surface area contributed by atoms with Crippen LogP contribution in [0.2, 0.25) is 0 Å². The Morgan fingerprint density at radius 2 is 1.86 bits per heavy atom. The third kappa shape index (κ3) is 2.58. The van der Waals surface area contributed by atoms with E-state index < -0.39 is 17.9 Å². The molecule has 0 spiro atoms. The van der Waals surface area contributed by atoms with E-state index in [9.17, 15) is 9.59 Å². The van der Waals surface area contributed by atoms with E-state index in [4.69, 9.17) is 4.74 Å². The second-order valence-electron chi connectivity index (χ2n) is 4.79. The topological polar surface area (TPSA) is 67.4 Å². The third-order valence-corrected chi connectivity index (χ3v) is 3.27. The molecule has 0 aromatic heterocycles. The van der Waals surface area contributed by atoms with Crippen LogP contribution in [0.4, 0.5) is 11.4 Å². The molecular formula is C16H14N2O3. The summed E-state index contributed by atoms with van der Waals surface area (Å²) in [6.45, 7) is 1.88. The normalized spacial score (nSPS) is 16.4. The van der Waals surface area contributed by atoms with Gasteiger partial charge in [0, 0.05) is 5.69 Å². The van der Waals surface area contributed by atoms with Gasteiger partial charge in [-0.2, -0.15) is 0 Å². The number of benzene rings is 2. The first-order valence-electron chi connectivity index (χ1n) is 6.58. The number of rotatable bonds is 2. The first kappa shape index (κ1) is 13.2. The van der Waals surface area contributed by atoms with Gasteiger partial charge < -0.3 is 15.4 Å². The van der Waals surface area contributed by atoms with Crippen LogP contribution in [0, 0.1) is 6.92 Å². The van der Waals surface area contributed by atoms with Gasteiger partial charge in [0.25, 0.3) is 17.9 Å². The summed E-state index contributed by atoms with van der Waals surface area (Å²) in [6, 6.07) is 14.4. The molecule has 21 heavy (non-hydrogen) atoms. The smallest absolute Gasteiger partial charge is 0.275 e. The van der Waals surface area contributed by atoms with Crippen molar-refractivity contribution in [1.82, 2.24) is 0 Å². The Morgan fingerprint density at radius 3 is 2.67 bits per heavy atom. The summed E-state index contributed by atoms with van der Waals surface area (Å²) >= 11 is 0. The van der Waals surface area contributed by atoms with Crippen molar-refractivity contribution in [2.24, 2.45) is 0 Å². The number of nitrogens with one attached hydrogen (secondary N) is 2. The number of anilines is 2. The van der Waals surface area contributed by atoms with Crippen LogP contribution in [0.25, 0.3) is 0 Å². The zero-order chi connectivity index (χ0) is 14.8. The van der Waals surface area contributed by atoms with Gasteiger partial charge in [0.15, 0.2) is 0 Å². The maximum atomic E-state index is 12.2. The molecule has 1 heterocycles. The van der Waals surface area contributed by atoms with Gasteiger partial charge in [-0.1, -0.05) is 30.3 Å². The predicted octanol–water partition coefficient (Wildman–Crippen LogP) is 2.33. The standard InChI is InChI=1S/C16H14N2O3/c1-10-6-2-3-7-11(10)17-15(19)14-16(20)18-12-8-4-5-9-13(12)21-14/h2-9,14H,1H3,(H,17,19)(H,18,20). The van der Waals surface area contributed by atoms with E-state index in [1.165, 1.54) is 0 Å². The van der Waals surface area contributed by atoms with Gasteiger partial charge in [-0.15, -0.1) is 0 Å². The van der Waals surface area contributed by atoms with Gasteiger partial charge in [0.05, 0.1) is 5.69 Å². The molecule has 1 unspecified atom stereocenters. The molecule has 3 rings (SSSR count). The molecule has 106 valence electrons. The molecule has 0 radical (unpaired) electrons. The molecule has 0 saturated heterocycles. The van der Waals surface area contributed by atoms with E-state index >= 15 is 0 Å². The summed E-state index contributed by atoms with van der Waals surface area (Å²) in [4.78, 5) is 24.2. The van der Waals surface area contributed by atoms with Crippen LogP contribution in [0.5, 0.6) is 5.75 Å². The minimum Gasteiger partial charge on any atom is -0.468 e. The minimum absolute atomic E-state index is 0.472. The van der Waals surface area contributed by atoms with E-state index in [0.717, 1.165) is 5.56 Å². The maximum absolute atomic E-state index is 12.2. The number of hydrogen-bond acceptors (Lipinski definition) is 3. The first-order valence-corrected chi connectivity index (χ1v) is 6.58. The quantitative estimate of drug-likeness (QED) is 0.831. The van der Waals surface area contributed by atoms with Crippen molar-refractivity contribution < 1.29 is 14.3 Å². The van der Waals surface area contributed by atoms with Crippen LogP contribution >= 0.6 is 0 Å². The Morgan fingerprint density at radius 1 is 1.14 bits per heavy atom. The van der Waals surface area contributed by atoms with Crippen molar-refractivity contribution in [2.75, 3.05) is 10.6 Å². The van der Waals surface area contributed by atoms with Crippen LogP contribution in [0.15, 0.2) is 48.5 Å². The molecule has 1 aliphatic rings. The van der Waals surface area contributed by atoms with E-state index in [0.29, 0.717) is 17.1 Å². The fraction of sp³-hybridized carbons (Fsp3) is 0.125. The van der Waals surface area contributed by atoms with Crippen molar-refractivity contribution in [3.63, 3.8) is 0 Å². The molecule has 0 bridgehead atoms. The number of hydrogen-bond donors (Lipinski definition) is 2. The van der Waals surface area contributed by atoms with Gasteiger partial charge in [0.2, 0.25) is 0 Å². The summed E-state index contributed by atoms with van der Waals surface area (Å²) in [6.07, 6.45) is -1.19. The average molecular weight is 282 g/mol. The summed E-state index contributed by atoms with van der Waals surface area (Å²) < 4.78 is 5.49. The highest BCUT2D eigenvalue weighted by Crippen LogP contribution is 2.29. The molecule has 0 fully saturated rings. The molecule has 2 amide bonds. The van der Waals surface area contributed by atoms with Gasteiger partial charge in [-0.25, -0.2) is 0 Å². The van der Waals surface area contributed by atoms with E-state index in [1.54, 1.807) is 30.3 Å². The van der Waals surface area contributed by atoms with E-state index in [2.05, 4.69) is 10.6 Å². The molecule has 2 aromatic rings. The van der Waals surface area contributed by atoms with Crippen molar-refractivity contribution in [1.29, 1.82) is 0 Å². The monoisotopic (exact) mass is 282 g/mol. The minimum atomic E-state index is -1.19. The summed E-state index contributed by atoms with van der Waals surface area (Å²) in [5.41, 5.74) is 2.16. The van der Waals surface area contributed by atoms with Crippen LogP contribution in [-0.4, -0.2) is 17.9 Å². The fourth-order valence-corrected chi connectivity index (χ4v) is 2.14. The first-order chi connectivity index (χ1) is 10.1. The van der Waals surface area contributed by atoms with Gasteiger partial charge in [0.1, 0.15) is 5.75 Å². The Labute approximate surface area is 121 Å². The Kier molecular flexibility index (Phi) is 3.31. The highest BCUT2D eigenvalue weighted by atomic mass is 16.5. The SMILES string of the molecule is Cc1ccccc1NC(=O)C1Oc2ccccc2NC1=O. The molecule has 1 aliphatic heterocycles. The summed E-state index contributed by atoms with van der Waals surface area (Å²) in [7, 11) is 0. The van der Waals surface area contributed by atoms with E-state index in [1.807, 2.05) is 25.1 Å². The second-order valence-corrected chi connectivity index (χ2v) is 4.79. The van der Waals surface area contributed by atoms with Crippen LogP contribution in [0.3, 0.4) is 0 Å². The van der Waals surface area contributed by atoms with Crippen LogP contribution < -0.4 is 15.4 Å². The Hall–Kier alpha value is -2.82. The molecule has 0 aliphatic carbocycles. The molecule has 2 N–H and O–H groups in total. The summed E-state index contributed by atoms with van der Waals surface area (Å²) in [5.74, 6) is -0.474. The molecule has 0 saturated carbocycles. The van der Waals surface area contributed by atoms with Crippen molar-refractivity contribution in [3.05, 3.63) is 54.1 Å². The molecule has 5 nitrogen and oxygen atoms in total. The molecule has 2 aromatic carbocycles. The predicted molar refractivity (Wildman–Crippen MR) is 79.3 cm³/mol. The lowest BCUT2D eigenvalue weighted by atomic mass is 10.1. The lowest BCUT2D eigenvalue weighted by Gasteiger charge is -2.25. The van der Waals surface area contributed by atoms with Crippen LogP contribution in [-0.2, 0) is 9.59 Å². The highest BCUT2D eigenvalue weighted by molar-refractivity contribution is 6.15. The van der Waals surface area contributed by atoms with Crippen molar-refractivity contribution >= 4 is 23.2 Å². The van der Waals surface area contributed by atoms with E-state index in [-0.39, 0.29) is 0 Å². The van der Waals surface area contributed by atoms with Crippen LogP contribution in [0.1, 0.15) is 5.56 Å². The molecule has 1 atom stereocenters. The number of ether oxygens (including phenoxy) is 1. The van der Waals surface area contributed by atoms with Crippen molar-refractivity contribution in [2.45, 2.75) is 13.0 Å². The number of aryl methyl sites for hydroxylation is 1. The number of fused-ring (bicyclic) bond motifs is 1. The molecule has 5 heteroatoms. The number of carbonyl (C=O) groups excluding carboxylic acids is 2. The Balaban J connectivity index is 1.80. The fourth-order valence-electron chi connectivity index (χ4n) is 2.14. The third-order valence-electron chi connectivity index (χ3n) is 3.27. The average Bonchev–Trinajstić information content (AvgIpc) is 2.49. The number of amides is 2. The largest absolute Gasteiger partial charge is 0.468 e.